The maximum absolute atomic E-state index is 11.6. The average molecular weight is 288 g/mol. The standard InChI is InChI=1S/C12H11Cl2NO3/c1-2-18-12(17)11(15-7-16)10(14)8-5-3-4-6-9(8)13/h3-7H,2H2,1H3,(H,15,16)/b11-10-. The van der Waals surface area contributed by atoms with E-state index in [0.717, 1.165) is 0 Å². The molecule has 1 N–H and O–H groups in total. The number of carbonyl (C=O) groups is 2. The summed E-state index contributed by atoms with van der Waals surface area (Å²) >= 11 is 12.0. The van der Waals surface area contributed by atoms with Crippen molar-refractivity contribution in [2.75, 3.05) is 6.61 Å². The summed E-state index contributed by atoms with van der Waals surface area (Å²) in [5.41, 5.74) is 0.305. The fourth-order valence-electron chi connectivity index (χ4n) is 1.25. The molecule has 0 unspecified atom stereocenters. The number of benzene rings is 1. The first kappa shape index (κ1) is 14.5. The lowest BCUT2D eigenvalue weighted by atomic mass is 10.2. The Balaban J connectivity index is 3.23. The van der Waals surface area contributed by atoms with Crippen LogP contribution in [0.25, 0.3) is 5.03 Å². The molecular formula is C12H11Cl2NO3. The summed E-state index contributed by atoms with van der Waals surface area (Å²) in [6, 6.07) is 6.71. The van der Waals surface area contributed by atoms with Crippen LogP contribution < -0.4 is 5.32 Å². The van der Waals surface area contributed by atoms with Gasteiger partial charge < -0.3 is 10.1 Å². The number of halogens is 2. The van der Waals surface area contributed by atoms with Gasteiger partial charge in [0.15, 0.2) is 0 Å². The summed E-state index contributed by atoms with van der Waals surface area (Å²) in [6.45, 7) is 1.83. The van der Waals surface area contributed by atoms with Crippen LogP contribution in [0.4, 0.5) is 0 Å². The highest BCUT2D eigenvalue weighted by Gasteiger charge is 2.17. The van der Waals surface area contributed by atoms with Crippen LogP contribution in [0, 0.1) is 0 Å². The summed E-state index contributed by atoms with van der Waals surface area (Å²) in [5, 5.41) is 2.63. The van der Waals surface area contributed by atoms with Crippen molar-refractivity contribution in [3.63, 3.8) is 0 Å². The molecule has 0 heterocycles. The van der Waals surface area contributed by atoms with E-state index in [1.807, 2.05) is 0 Å². The molecule has 0 aliphatic carbocycles. The van der Waals surface area contributed by atoms with Crippen LogP contribution in [0.15, 0.2) is 30.0 Å². The highest BCUT2D eigenvalue weighted by Crippen LogP contribution is 2.28. The van der Waals surface area contributed by atoms with Crippen LogP contribution >= 0.6 is 23.2 Å². The zero-order chi connectivity index (χ0) is 13.5. The molecule has 1 amide bonds. The summed E-state index contributed by atoms with van der Waals surface area (Å²) < 4.78 is 4.79. The Labute approximate surface area is 115 Å². The van der Waals surface area contributed by atoms with Crippen molar-refractivity contribution in [1.82, 2.24) is 5.32 Å². The quantitative estimate of drug-likeness (QED) is 0.514. The van der Waals surface area contributed by atoms with Gasteiger partial charge >= 0.3 is 5.97 Å². The van der Waals surface area contributed by atoms with E-state index in [9.17, 15) is 9.59 Å². The van der Waals surface area contributed by atoms with Crippen LogP contribution in [0.3, 0.4) is 0 Å². The first-order valence-corrected chi connectivity index (χ1v) is 5.89. The fraction of sp³-hybridized carbons (Fsp3) is 0.167. The molecule has 0 fully saturated rings. The van der Waals surface area contributed by atoms with Crippen LogP contribution in [-0.4, -0.2) is 19.0 Å². The molecule has 1 aromatic carbocycles. The minimum Gasteiger partial charge on any atom is -0.461 e. The number of amides is 1. The molecule has 0 radical (unpaired) electrons. The highest BCUT2D eigenvalue weighted by molar-refractivity contribution is 6.52. The summed E-state index contributed by atoms with van der Waals surface area (Å²) in [7, 11) is 0. The van der Waals surface area contributed by atoms with E-state index >= 15 is 0 Å². The van der Waals surface area contributed by atoms with Crippen molar-refractivity contribution >= 4 is 40.6 Å². The Bertz CT molecular complexity index is 486. The van der Waals surface area contributed by atoms with Gasteiger partial charge in [-0.15, -0.1) is 0 Å². The Hall–Kier alpha value is -1.52. The smallest absolute Gasteiger partial charge is 0.356 e. The topological polar surface area (TPSA) is 55.4 Å². The van der Waals surface area contributed by atoms with Gasteiger partial charge in [-0.2, -0.15) is 0 Å². The van der Waals surface area contributed by atoms with E-state index < -0.39 is 5.97 Å². The average Bonchev–Trinajstić information content (AvgIpc) is 2.36. The van der Waals surface area contributed by atoms with E-state index in [2.05, 4.69) is 5.32 Å². The molecule has 0 atom stereocenters. The van der Waals surface area contributed by atoms with E-state index in [1.54, 1.807) is 31.2 Å². The Kier molecular flexibility index (Phi) is 5.68. The van der Waals surface area contributed by atoms with Crippen LogP contribution in [0.5, 0.6) is 0 Å². The maximum atomic E-state index is 11.6. The van der Waals surface area contributed by atoms with Crippen molar-refractivity contribution in [1.29, 1.82) is 0 Å². The summed E-state index contributed by atoms with van der Waals surface area (Å²) in [6.07, 6.45) is 0.353. The molecular weight excluding hydrogens is 277 g/mol. The van der Waals surface area contributed by atoms with Crippen LogP contribution in [-0.2, 0) is 14.3 Å². The molecule has 0 aliphatic heterocycles. The second-order valence-corrected chi connectivity index (χ2v) is 3.94. The van der Waals surface area contributed by atoms with Gasteiger partial charge in [-0.05, 0) is 13.0 Å². The van der Waals surface area contributed by atoms with Crippen molar-refractivity contribution in [2.45, 2.75) is 6.92 Å². The Morgan fingerprint density at radius 3 is 2.67 bits per heavy atom. The van der Waals surface area contributed by atoms with Gasteiger partial charge in [-0.25, -0.2) is 4.79 Å². The van der Waals surface area contributed by atoms with E-state index in [0.29, 0.717) is 17.0 Å². The van der Waals surface area contributed by atoms with Crippen molar-refractivity contribution in [3.05, 3.63) is 40.5 Å². The number of hydrogen-bond acceptors (Lipinski definition) is 3. The number of esters is 1. The van der Waals surface area contributed by atoms with Gasteiger partial charge in [0.25, 0.3) is 0 Å². The van der Waals surface area contributed by atoms with Crippen LogP contribution in [0.1, 0.15) is 12.5 Å². The molecule has 1 aromatic rings. The van der Waals surface area contributed by atoms with Gasteiger partial charge in [-0.1, -0.05) is 41.4 Å². The molecule has 1 rings (SSSR count). The summed E-state index contributed by atoms with van der Waals surface area (Å²) in [5.74, 6) is -0.713. The number of rotatable bonds is 5. The molecule has 0 saturated heterocycles. The number of nitrogens with one attached hydrogen (secondary N) is 1. The predicted octanol–water partition coefficient (Wildman–Crippen LogP) is 2.56. The van der Waals surface area contributed by atoms with Crippen LogP contribution in [0.2, 0.25) is 5.02 Å². The molecule has 0 saturated carbocycles. The van der Waals surface area contributed by atoms with E-state index in [4.69, 9.17) is 27.9 Å². The normalized spacial score (nSPS) is 11.5. The molecule has 0 spiro atoms. The number of hydrogen-bond donors (Lipinski definition) is 1. The Morgan fingerprint density at radius 1 is 1.44 bits per heavy atom. The van der Waals surface area contributed by atoms with Gasteiger partial charge in [0.2, 0.25) is 6.41 Å². The largest absolute Gasteiger partial charge is 0.461 e. The minimum atomic E-state index is -0.713. The monoisotopic (exact) mass is 287 g/mol. The van der Waals surface area contributed by atoms with Crippen molar-refractivity contribution in [2.24, 2.45) is 0 Å². The first-order chi connectivity index (χ1) is 8.61. The summed E-state index contributed by atoms with van der Waals surface area (Å²) in [4.78, 5) is 22.1. The highest BCUT2D eigenvalue weighted by atomic mass is 35.5. The molecule has 0 aliphatic rings. The molecule has 96 valence electrons. The third-order valence-electron chi connectivity index (χ3n) is 2.01. The minimum absolute atomic E-state index is 0.0335. The maximum Gasteiger partial charge on any atom is 0.356 e. The van der Waals surface area contributed by atoms with Crippen molar-refractivity contribution < 1.29 is 14.3 Å². The molecule has 6 heteroatoms. The van der Waals surface area contributed by atoms with Crippen molar-refractivity contribution in [3.8, 4) is 0 Å². The predicted molar refractivity (Wildman–Crippen MR) is 70.1 cm³/mol. The SMILES string of the molecule is CCOC(=O)/C(NC=O)=C(/Cl)c1ccccc1Cl. The van der Waals surface area contributed by atoms with E-state index in [-0.39, 0.29) is 17.3 Å². The van der Waals surface area contributed by atoms with Gasteiger partial charge in [-0.3, -0.25) is 4.79 Å². The zero-order valence-corrected chi connectivity index (χ0v) is 11.1. The molecule has 18 heavy (non-hydrogen) atoms. The Morgan fingerprint density at radius 2 is 2.11 bits per heavy atom. The van der Waals surface area contributed by atoms with Gasteiger partial charge in [0, 0.05) is 10.6 Å². The van der Waals surface area contributed by atoms with Gasteiger partial charge in [0.1, 0.15) is 5.70 Å². The lowest BCUT2D eigenvalue weighted by molar-refractivity contribution is -0.139. The third-order valence-corrected chi connectivity index (χ3v) is 2.73. The molecule has 4 nitrogen and oxygen atoms in total. The molecule has 0 bridgehead atoms. The van der Waals surface area contributed by atoms with Gasteiger partial charge in [0.05, 0.1) is 11.6 Å². The lowest BCUT2D eigenvalue weighted by Gasteiger charge is -2.09. The number of carbonyl (C=O) groups excluding carboxylic acids is 2. The number of ether oxygens (including phenoxy) is 1. The second kappa shape index (κ2) is 7.03. The van der Waals surface area contributed by atoms with E-state index in [1.165, 1.54) is 0 Å². The third kappa shape index (κ3) is 3.48. The molecule has 0 aromatic heterocycles. The first-order valence-electron chi connectivity index (χ1n) is 5.13. The lowest BCUT2D eigenvalue weighted by Crippen LogP contribution is -2.22. The zero-order valence-electron chi connectivity index (χ0n) is 9.57. The second-order valence-electron chi connectivity index (χ2n) is 3.15. The fourth-order valence-corrected chi connectivity index (χ4v) is 1.82.